The fourth-order valence-electron chi connectivity index (χ4n) is 1.45. The largest absolute Gasteiger partial charge is 0.469 e. The summed E-state index contributed by atoms with van der Waals surface area (Å²) in [6, 6.07) is 0. The van der Waals surface area contributed by atoms with Gasteiger partial charge in [-0.2, -0.15) is 0 Å². The van der Waals surface area contributed by atoms with E-state index < -0.39 is 6.09 Å². The van der Waals surface area contributed by atoms with Gasteiger partial charge in [-0.1, -0.05) is 6.92 Å². The second-order valence-corrected chi connectivity index (χ2v) is 4.44. The fourth-order valence-corrected chi connectivity index (χ4v) is 1.45. The molecular weight excluding hydrogens is 264 g/mol. The lowest BCUT2D eigenvalue weighted by Crippen LogP contribution is -2.33. The number of nitrogens with one attached hydrogen (secondary N) is 1. The zero-order valence-corrected chi connectivity index (χ0v) is 12.6. The van der Waals surface area contributed by atoms with E-state index in [0.29, 0.717) is 19.5 Å². The second-order valence-electron chi connectivity index (χ2n) is 4.44. The van der Waals surface area contributed by atoms with Gasteiger partial charge < -0.3 is 19.7 Å². The standard InChI is InChI=1S/C13H24N2O5/c1-5-14-13(18)20-9-8-15(3)11(16)7-6-10(2)12(17)19-4/h10H,5-9H2,1-4H3,(H,14,18)/t10-/m0/s1. The Morgan fingerprint density at radius 1 is 1.30 bits per heavy atom. The minimum absolute atomic E-state index is 0.0970. The number of amides is 2. The predicted molar refractivity (Wildman–Crippen MR) is 73.1 cm³/mol. The lowest BCUT2D eigenvalue weighted by molar-refractivity contribution is -0.145. The van der Waals surface area contributed by atoms with Gasteiger partial charge in [-0.25, -0.2) is 4.79 Å². The van der Waals surface area contributed by atoms with E-state index in [1.165, 1.54) is 12.0 Å². The quantitative estimate of drug-likeness (QED) is 0.667. The van der Waals surface area contributed by atoms with Gasteiger partial charge in [0.25, 0.3) is 0 Å². The van der Waals surface area contributed by atoms with Crippen LogP contribution in [-0.4, -0.2) is 56.7 Å². The molecule has 0 bridgehead atoms. The molecule has 0 saturated carbocycles. The van der Waals surface area contributed by atoms with Gasteiger partial charge in [0.15, 0.2) is 0 Å². The fraction of sp³-hybridized carbons (Fsp3) is 0.769. The Kier molecular flexibility index (Phi) is 9.15. The highest BCUT2D eigenvalue weighted by Gasteiger charge is 2.16. The maximum atomic E-state index is 11.8. The molecule has 0 saturated heterocycles. The number of ether oxygens (including phenoxy) is 2. The van der Waals surface area contributed by atoms with E-state index in [1.54, 1.807) is 20.9 Å². The van der Waals surface area contributed by atoms with Crippen LogP contribution in [0, 0.1) is 5.92 Å². The normalized spacial score (nSPS) is 11.4. The lowest BCUT2D eigenvalue weighted by atomic mass is 10.1. The van der Waals surface area contributed by atoms with Crippen LogP contribution in [0.4, 0.5) is 4.79 Å². The SMILES string of the molecule is CCNC(=O)OCCN(C)C(=O)CC[C@H](C)C(=O)OC. The molecular formula is C13H24N2O5. The van der Waals surface area contributed by atoms with Crippen molar-refractivity contribution in [3.8, 4) is 0 Å². The molecule has 0 unspecified atom stereocenters. The van der Waals surface area contributed by atoms with Gasteiger partial charge in [-0.3, -0.25) is 9.59 Å². The highest BCUT2D eigenvalue weighted by molar-refractivity contribution is 5.77. The molecule has 0 aromatic rings. The van der Waals surface area contributed by atoms with Crippen LogP contribution in [0.25, 0.3) is 0 Å². The summed E-state index contributed by atoms with van der Waals surface area (Å²) in [6.07, 6.45) is 0.202. The van der Waals surface area contributed by atoms with Gasteiger partial charge in [-0.15, -0.1) is 0 Å². The van der Waals surface area contributed by atoms with Crippen LogP contribution in [0.1, 0.15) is 26.7 Å². The summed E-state index contributed by atoms with van der Waals surface area (Å²) in [7, 11) is 2.96. The van der Waals surface area contributed by atoms with Crippen LogP contribution in [0.2, 0.25) is 0 Å². The zero-order valence-electron chi connectivity index (χ0n) is 12.6. The van der Waals surface area contributed by atoms with Crippen molar-refractivity contribution < 1.29 is 23.9 Å². The van der Waals surface area contributed by atoms with E-state index in [4.69, 9.17) is 4.74 Å². The van der Waals surface area contributed by atoms with Crippen LogP contribution < -0.4 is 5.32 Å². The van der Waals surface area contributed by atoms with Crippen molar-refractivity contribution in [2.45, 2.75) is 26.7 Å². The lowest BCUT2D eigenvalue weighted by Gasteiger charge is -2.18. The molecule has 0 heterocycles. The number of alkyl carbamates (subject to hydrolysis) is 1. The Morgan fingerprint density at radius 2 is 1.95 bits per heavy atom. The van der Waals surface area contributed by atoms with Crippen molar-refractivity contribution >= 4 is 18.0 Å². The number of rotatable bonds is 8. The summed E-state index contributed by atoms with van der Waals surface area (Å²) in [5, 5.41) is 2.49. The molecule has 0 aliphatic heterocycles. The minimum Gasteiger partial charge on any atom is -0.469 e. The van der Waals surface area contributed by atoms with E-state index in [-0.39, 0.29) is 30.8 Å². The average molecular weight is 288 g/mol. The van der Waals surface area contributed by atoms with E-state index in [2.05, 4.69) is 10.1 Å². The van der Waals surface area contributed by atoms with Crippen LogP contribution in [0.5, 0.6) is 0 Å². The van der Waals surface area contributed by atoms with E-state index in [0.717, 1.165) is 0 Å². The van der Waals surface area contributed by atoms with Crippen molar-refractivity contribution in [2.75, 3.05) is 33.9 Å². The summed E-state index contributed by atoms with van der Waals surface area (Å²) < 4.78 is 9.46. The number of hydrogen-bond acceptors (Lipinski definition) is 5. The minimum atomic E-state index is -0.493. The molecule has 0 aliphatic rings. The van der Waals surface area contributed by atoms with Crippen molar-refractivity contribution in [1.82, 2.24) is 10.2 Å². The highest BCUT2D eigenvalue weighted by Crippen LogP contribution is 2.08. The number of methoxy groups -OCH3 is 1. The highest BCUT2D eigenvalue weighted by atomic mass is 16.5. The van der Waals surface area contributed by atoms with Crippen molar-refractivity contribution in [3.63, 3.8) is 0 Å². The van der Waals surface area contributed by atoms with Crippen LogP contribution in [0.15, 0.2) is 0 Å². The summed E-state index contributed by atoms with van der Waals surface area (Å²) in [5.41, 5.74) is 0. The van der Waals surface area contributed by atoms with Crippen molar-refractivity contribution in [1.29, 1.82) is 0 Å². The Bertz CT molecular complexity index is 333. The molecule has 0 aliphatic carbocycles. The Hall–Kier alpha value is -1.79. The molecule has 1 N–H and O–H groups in total. The monoisotopic (exact) mass is 288 g/mol. The Balaban J connectivity index is 3.87. The Morgan fingerprint density at radius 3 is 2.50 bits per heavy atom. The third-order valence-corrected chi connectivity index (χ3v) is 2.80. The van der Waals surface area contributed by atoms with E-state index >= 15 is 0 Å². The summed E-state index contributed by atoms with van der Waals surface area (Å²) >= 11 is 0. The summed E-state index contributed by atoms with van der Waals surface area (Å²) in [6.45, 7) is 4.47. The second kappa shape index (κ2) is 10.1. The van der Waals surface area contributed by atoms with Crippen LogP contribution in [-0.2, 0) is 19.1 Å². The molecule has 0 radical (unpaired) electrons. The maximum Gasteiger partial charge on any atom is 0.407 e. The van der Waals surface area contributed by atoms with Crippen molar-refractivity contribution in [3.05, 3.63) is 0 Å². The van der Waals surface area contributed by atoms with Crippen LogP contribution in [0.3, 0.4) is 0 Å². The first-order chi connectivity index (χ1) is 9.42. The third kappa shape index (κ3) is 7.60. The number of carbonyl (C=O) groups excluding carboxylic acids is 3. The molecule has 20 heavy (non-hydrogen) atoms. The zero-order chi connectivity index (χ0) is 15.5. The van der Waals surface area contributed by atoms with Gasteiger partial charge in [0, 0.05) is 20.0 Å². The van der Waals surface area contributed by atoms with Gasteiger partial charge in [0.1, 0.15) is 6.61 Å². The van der Waals surface area contributed by atoms with Gasteiger partial charge in [0.2, 0.25) is 5.91 Å². The number of likely N-dealkylation sites (N-methyl/N-ethyl adjacent to an activating group) is 1. The molecule has 7 nitrogen and oxygen atoms in total. The van der Waals surface area contributed by atoms with E-state index in [1.807, 2.05) is 0 Å². The number of nitrogens with zero attached hydrogens (tertiary/aromatic N) is 1. The first-order valence-electron chi connectivity index (χ1n) is 6.64. The smallest absolute Gasteiger partial charge is 0.407 e. The predicted octanol–water partition coefficient (Wildman–Crippen LogP) is 0.780. The number of hydrogen-bond donors (Lipinski definition) is 1. The molecule has 2 amide bonds. The molecule has 116 valence electrons. The topological polar surface area (TPSA) is 84.9 Å². The molecule has 0 aromatic heterocycles. The molecule has 0 fully saturated rings. The molecule has 0 aromatic carbocycles. The first kappa shape index (κ1) is 18.2. The molecule has 0 rings (SSSR count). The third-order valence-electron chi connectivity index (χ3n) is 2.80. The first-order valence-corrected chi connectivity index (χ1v) is 6.64. The number of esters is 1. The van der Waals surface area contributed by atoms with E-state index in [9.17, 15) is 14.4 Å². The molecule has 7 heteroatoms. The molecule has 1 atom stereocenters. The molecule has 0 spiro atoms. The van der Waals surface area contributed by atoms with Gasteiger partial charge >= 0.3 is 12.1 Å². The van der Waals surface area contributed by atoms with Crippen LogP contribution >= 0.6 is 0 Å². The van der Waals surface area contributed by atoms with Crippen molar-refractivity contribution in [2.24, 2.45) is 5.92 Å². The summed E-state index contributed by atoms with van der Waals surface area (Å²) in [5.74, 6) is -0.718. The number of carbonyl (C=O) groups is 3. The van der Waals surface area contributed by atoms with Gasteiger partial charge in [-0.05, 0) is 13.3 Å². The summed E-state index contributed by atoms with van der Waals surface area (Å²) in [4.78, 5) is 35.5. The average Bonchev–Trinajstić information content (AvgIpc) is 2.43. The van der Waals surface area contributed by atoms with Gasteiger partial charge in [0.05, 0.1) is 19.6 Å². The Labute approximate surface area is 119 Å². The maximum absolute atomic E-state index is 11.8.